The Bertz CT molecular complexity index is 161. The Balaban J connectivity index is 3.77. The molecule has 5 heteroatoms. The van der Waals surface area contributed by atoms with Gasteiger partial charge in [-0.2, -0.15) is 0 Å². The summed E-state index contributed by atoms with van der Waals surface area (Å²) in [5.41, 5.74) is 7.37. The molecule has 1 amide bonds. The van der Waals surface area contributed by atoms with Crippen molar-refractivity contribution >= 4 is 5.91 Å². The largest absolute Gasteiger partial charge is 0.396 e. The maximum Gasteiger partial charge on any atom is 0.245 e. The predicted octanol–water partition coefficient (Wildman–Crippen LogP) is -0.208. The number of rotatable bonds is 8. The third-order valence-electron chi connectivity index (χ3n) is 2.60. The summed E-state index contributed by atoms with van der Waals surface area (Å²) in [7, 11) is 0. The lowest BCUT2D eigenvalue weighted by Gasteiger charge is -2.29. The minimum absolute atomic E-state index is 0.104. The summed E-state index contributed by atoms with van der Waals surface area (Å²) >= 11 is 0. The summed E-state index contributed by atoms with van der Waals surface area (Å²) < 4.78 is 0. The first-order valence-corrected chi connectivity index (χ1v) is 4.84. The van der Waals surface area contributed by atoms with Crippen molar-refractivity contribution in [2.75, 3.05) is 19.8 Å². The predicted molar refractivity (Wildman–Crippen MR) is 53.2 cm³/mol. The zero-order valence-electron chi connectivity index (χ0n) is 8.88. The minimum Gasteiger partial charge on any atom is -0.396 e. The molecule has 0 rings (SSSR count). The number of hydroxylamine groups is 1. The molecule has 0 aromatic rings. The van der Waals surface area contributed by atoms with Crippen molar-refractivity contribution in [1.82, 2.24) is 5.48 Å². The fourth-order valence-corrected chi connectivity index (χ4v) is 1.11. The highest BCUT2D eigenvalue weighted by atomic mass is 16.6. The Labute approximate surface area is 84.6 Å². The Morgan fingerprint density at radius 3 is 2.43 bits per heavy atom. The smallest absolute Gasteiger partial charge is 0.245 e. The molecule has 14 heavy (non-hydrogen) atoms. The molecule has 84 valence electrons. The van der Waals surface area contributed by atoms with Crippen LogP contribution in [-0.2, 0) is 9.63 Å². The molecule has 0 radical (unpaired) electrons. The maximum atomic E-state index is 10.3. The van der Waals surface area contributed by atoms with E-state index in [-0.39, 0.29) is 18.6 Å². The van der Waals surface area contributed by atoms with Crippen LogP contribution in [0.1, 0.15) is 26.7 Å². The van der Waals surface area contributed by atoms with E-state index in [4.69, 9.17) is 10.6 Å². The number of carbonyl (C=O) groups excluding carboxylic acids is 1. The fourth-order valence-electron chi connectivity index (χ4n) is 1.11. The standard InChI is InChI=1S/C9H20N2O3/c1-3-9(4-2,7-12)6-11-14-5-8(10)13/h11-12H,3-7H2,1-2H3,(H2,10,13). The Morgan fingerprint density at radius 2 is 2.07 bits per heavy atom. The van der Waals surface area contributed by atoms with E-state index in [1.165, 1.54) is 0 Å². The van der Waals surface area contributed by atoms with E-state index in [2.05, 4.69) is 5.48 Å². The molecule has 5 nitrogen and oxygen atoms in total. The summed E-state index contributed by atoms with van der Waals surface area (Å²) in [4.78, 5) is 15.2. The van der Waals surface area contributed by atoms with E-state index >= 15 is 0 Å². The van der Waals surface area contributed by atoms with Crippen LogP contribution in [-0.4, -0.2) is 30.8 Å². The van der Waals surface area contributed by atoms with Crippen LogP contribution in [0.3, 0.4) is 0 Å². The van der Waals surface area contributed by atoms with Gasteiger partial charge in [0.2, 0.25) is 5.91 Å². The van der Waals surface area contributed by atoms with E-state index in [0.717, 1.165) is 12.8 Å². The molecule has 0 saturated carbocycles. The Hall–Kier alpha value is -0.650. The number of aliphatic hydroxyl groups is 1. The third kappa shape index (κ3) is 4.55. The average Bonchev–Trinajstić information content (AvgIpc) is 2.19. The average molecular weight is 204 g/mol. The number of hydrogen-bond donors (Lipinski definition) is 3. The summed E-state index contributed by atoms with van der Waals surface area (Å²) in [5, 5.41) is 9.20. The lowest BCUT2D eigenvalue weighted by molar-refractivity contribution is -0.126. The van der Waals surface area contributed by atoms with E-state index < -0.39 is 5.91 Å². The van der Waals surface area contributed by atoms with E-state index in [1.807, 2.05) is 13.8 Å². The van der Waals surface area contributed by atoms with Crippen molar-refractivity contribution in [2.24, 2.45) is 11.1 Å². The molecule has 0 spiro atoms. The van der Waals surface area contributed by atoms with Crippen LogP contribution in [0.25, 0.3) is 0 Å². The van der Waals surface area contributed by atoms with Crippen molar-refractivity contribution in [3.63, 3.8) is 0 Å². The summed E-state index contributed by atoms with van der Waals surface area (Å²) in [6.45, 7) is 4.50. The molecule has 0 aliphatic rings. The monoisotopic (exact) mass is 204 g/mol. The van der Waals surface area contributed by atoms with Gasteiger partial charge in [0.15, 0.2) is 0 Å². The molecule has 0 bridgehead atoms. The van der Waals surface area contributed by atoms with Gasteiger partial charge in [0.1, 0.15) is 6.61 Å². The third-order valence-corrected chi connectivity index (χ3v) is 2.60. The molecule has 0 heterocycles. The van der Waals surface area contributed by atoms with Gasteiger partial charge in [0.05, 0.1) is 0 Å². The number of carbonyl (C=O) groups is 1. The molecule has 0 aromatic heterocycles. The van der Waals surface area contributed by atoms with Gasteiger partial charge in [0, 0.05) is 18.6 Å². The second-order valence-electron chi connectivity index (χ2n) is 3.44. The number of amides is 1. The minimum atomic E-state index is -0.514. The zero-order chi connectivity index (χ0) is 11.0. The van der Waals surface area contributed by atoms with Crippen molar-refractivity contribution in [1.29, 1.82) is 0 Å². The van der Waals surface area contributed by atoms with Gasteiger partial charge in [-0.05, 0) is 12.8 Å². The first-order valence-electron chi connectivity index (χ1n) is 4.84. The molecule has 0 saturated heterocycles. The van der Waals surface area contributed by atoms with Crippen molar-refractivity contribution in [3.05, 3.63) is 0 Å². The van der Waals surface area contributed by atoms with Crippen LogP contribution in [0.5, 0.6) is 0 Å². The number of nitrogens with one attached hydrogen (secondary N) is 1. The molecule has 4 N–H and O–H groups in total. The molecular weight excluding hydrogens is 184 g/mol. The van der Waals surface area contributed by atoms with Crippen molar-refractivity contribution in [3.8, 4) is 0 Å². The summed E-state index contributed by atoms with van der Waals surface area (Å²) in [6, 6.07) is 0. The molecule has 0 fully saturated rings. The highest BCUT2D eigenvalue weighted by Crippen LogP contribution is 2.24. The van der Waals surface area contributed by atoms with Crippen LogP contribution in [0.15, 0.2) is 0 Å². The maximum absolute atomic E-state index is 10.3. The Kier molecular flexibility index (Phi) is 6.44. The van der Waals surface area contributed by atoms with Crippen LogP contribution < -0.4 is 11.2 Å². The van der Waals surface area contributed by atoms with Crippen LogP contribution >= 0.6 is 0 Å². The number of primary amides is 1. The summed E-state index contributed by atoms with van der Waals surface area (Å²) in [6.07, 6.45) is 1.71. The Morgan fingerprint density at radius 1 is 1.50 bits per heavy atom. The first kappa shape index (κ1) is 13.4. The van der Waals surface area contributed by atoms with Crippen LogP contribution in [0.4, 0.5) is 0 Å². The number of nitrogens with two attached hydrogens (primary N) is 1. The lowest BCUT2D eigenvalue weighted by Crippen LogP contribution is -2.37. The quantitative estimate of drug-likeness (QED) is 0.377. The topological polar surface area (TPSA) is 84.6 Å². The molecule has 0 aromatic carbocycles. The molecule has 0 atom stereocenters. The fraction of sp³-hybridized carbons (Fsp3) is 0.889. The lowest BCUT2D eigenvalue weighted by atomic mass is 9.83. The van der Waals surface area contributed by atoms with Gasteiger partial charge in [-0.25, -0.2) is 5.48 Å². The van der Waals surface area contributed by atoms with E-state index in [9.17, 15) is 9.90 Å². The number of hydrogen-bond acceptors (Lipinski definition) is 4. The van der Waals surface area contributed by atoms with Gasteiger partial charge in [0.25, 0.3) is 0 Å². The summed E-state index contributed by atoms with van der Waals surface area (Å²) in [5.74, 6) is -0.514. The van der Waals surface area contributed by atoms with Gasteiger partial charge in [-0.3, -0.25) is 9.63 Å². The second-order valence-corrected chi connectivity index (χ2v) is 3.44. The second kappa shape index (κ2) is 6.75. The SMILES string of the molecule is CCC(CC)(CO)CNOCC(N)=O. The normalized spacial score (nSPS) is 11.6. The highest BCUT2D eigenvalue weighted by molar-refractivity contribution is 5.74. The van der Waals surface area contributed by atoms with Crippen molar-refractivity contribution < 1.29 is 14.7 Å². The van der Waals surface area contributed by atoms with E-state index in [0.29, 0.717) is 6.54 Å². The van der Waals surface area contributed by atoms with Gasteiger partial charge in [-0.1, -0.05) is 13.8 Å². The molecule has 0 unspecified atom stereocenters. The van der Waals surface area contributed by atoms with Gasteiger partial charge < -0.3 is 10.8 Å². The first-order chi connectivity index (χ1) is 6.60. The molecule has 0 aliphatic carbocycles. The van der Waals surface area contributed by atoms with Crippen LogP contribution in [0, 0.1) is 5.41 Å². The zero-order valence-corrected chi connectivity index (χ0v) is 8.88. The van der Waals surface area contributed by atoms with Gasteiger partial charge >= 0.3 is 0 Å². The van der Waals surface area contributed by atoms with Gasteiger partial charge in [-0.15, -0.1) is 0 Å². The molecule has 0 aliphatic heterocycles. The number of aliphatic hydroxyl groups excluding tert-OH is 1. The molecular formula is C9H20N2O3. The van der Waals surface area contributed by atoms with Crippen LogP contribution in [0.2, 0.25) is 0 Å². The van der Waals surface area contributed by atoms with Crippen molar-refractivity contribution in [2.45, 2.75) is 26.7 Å². The van der Waals surface area contributed by atoms with E-state index in [1.54, 1.807) is 0 Å². The highest BCUT2D eigenvalue weighted by Gasteiger charge is 2.24.